The largest absolute Gasteiger partial charge is 0.488 e. The van der Waals surface area contributed by atoms with Crippen molar-refractivity contribution >= 4 is 35.1 Å². The van der Waals surface area contributed by atoms with Crippen molar-refractivity contribution in [2.75, 3.05) is 43.9 Å². The van der Waals surface area contributed by atoms with Gasteiger partial charge in [-0.3, -0.25) is 9.59 Å². The van der Waals surface area contributed by atoms with Crippen LogP contribution in [0.4, 0.5) is 11.4 Å². The van der Waals surface area contributed by atoms with Crippen LogP contribution in [0.25, 0.3) is 31.3 Å². The van der Waals surface area contributed by atoms with Crippen molar-refractivity contribution in [1.29, 1.82) is 0 Å². The number of ether oxygens (including phenoxy) is 5. The van der Waals surface area contributed by atoms with E-state index in [0.29, 0.717) is 130 Å². The topological polar surface area (TPSA) is 435 Å². The third-order valence-corrected chi connectivity index (χ3v) is 18.3. The summed E-state index contributed by atoms with van der Waals surface area (Å²) in [4.78, 5) is 56.9. The number of nitrogens with two attached hydrogens (primary N) is 1. The first kappa shape index (κ1) is 85.4. The first-order valence-corrected chi connectivity index (χ1v) is 35.9. The monoisotopic (exact) mass is 1510 g/mol. The normalized spacial score (nSPS) is 10.5. The van der Waals surface area contributed by atoms with Crippen LogP contribution in [0.1, 0.15) is 180 Å². The Morgan fingerprint density at radius 2 is 0.730 bits per heavy atom. The Labute approximate surface area is 643 Å². The van der Waals surface area contributed by atoms with Crippen LogP contribution in [0, 0.1) is 83.1 Å². The van der Waals surface area contributed by atoms with Crippen molar-refractivity contribution in [1.82, 2.24) is 20.6 Å². The highest BCUT2D eigenvalue weighted by Crippen LogP contribution is 2.31. The van der Waals surface area contributed by atoms with E-state index in [2.05, 4.69) is 61.3 Å². The molecule has 0 atom stereocenters. The molecular formula is C81H94N16O14. The van der Waals surface area contributed by atoms with Gasteiger partial charge in [-0.1, -0.05) is 60.2 Å². The number of azide groups is 3. The van der Waals surface area contributed by atoms with Crippen molar-refractivity contribution < 1.29 is 66.1 Å². The molecule has 4 aromatic heterocycles. The molecule has 0 fully saturated rings. The van der Waals surface area contributed by atoms with Gasteiger partial charge in [-0.25, -0.2) is 9.59 Å². The standard InChI is InChI=1S/C24H27N5O3.C24H29N3O3.C17H20N4O4.C16H18N4O4/c1-15-7-5-9-22(16(15)2)27-24(30)20-10-11-23(19(13-20)8-6-12-26-29-25)31-14-21-17(3)28-32-18(21)4;1-15-7-5-9-22(16(15)2)26-24(28)20-10-11-23(19(13-20)8-6-12-25)29-14-21-17(3)27-30-18(21)4;1-11-15(12(2)25-20-11)10-24-16-7-6-14(17(22)23-3)9-13(16)5-4-8-19-21-18;1-10-14(11(2)24-19-10)9-23-15-6-5-13(16(21)22)8-12(15)4-3-7-18-20-17/h5,7,9-11,13H,6,8,12,14H2,1-4H3,(H,27,30);5,7,9-11,13H,6,8,12,14,25H2,1-4H3,(H,26,28);6-7,9H,4-5,8,10H2,1-3H3;5-6,8H,3-4,7,9H2,1-2H3,(H,21,22). The zero-order valence-corrected chi connectivity index (χ0v) is 64.9. The Morgan fingerprint density at radius 3 is 1.02 bits per heavy atom. The second-order valence-corrected chi connectivity index (χ2v) is 25.9. The molecule has 0 spiro atoms. The van der Waals surface area contributed by atoms with Crippen LogP contribution in [0.15, 0.2) is 143 Å². The molecule has 10 aromatic rings. The number of carboxylic acid groups (broad SMARTS) is 1. The number of aryl methyl sites for hydroxylation is 14. The van der Waals surface area contributed by atoms with Gasteiger partial charge < -0.3 is 63.3 Å². The highest BCUT2D eigenvalue weighted by molar-refractivity contribution is 6.05. The van der Waals surface area contributed by atoms with E-state index in [1.165, 1.54) is 13.2 Å². The maximum absolute atomic E-state index is 12.9. The van der Waals surface area contributed by atoms with E-state index in [-0.39, 0.29) is 24.0 Å². The Hall–Kier alpha value is -12.9. The van der Waals surface area contributed by atoms with Crippen molar-refractivity contribution in [2.45, 2.75) is 161 Å². The Balaban J connectivity index is 0.000000207. The number of nitrogens with one attached hydrogen (secondary N) is 2. The van der Waals surface area contributed by atoms with Crippen LogP contribution >= 0.6 is 0 Å². The number of benzene rings is 6. The highest BCUT2D eigenvalue weighted by Gasteiger charge is 2.21. The van der Waals surface area contributed by atoms with Crippen molar-refractivity contribution in [3.63, 3.8) is 0 Å². The summed E-state index contributed by atoms with van der Waals surface area (Å²) in [7, 11) is 1.34. The summed E-state index contributed by atoms with van der Waals surface area (Å²) in [5.74, 6) is 3.82. The van der Waals surface area contributed by atoms with Gasteiger partial charge in [-0.05, 0) is 287 Å². The number of rotatable bonds is 33. The maximum Gasteiger partial charge on any atom is 0.337 e. The molecule has 0 bridgehead atoms. The fraction of sp³-hybridized carbons (Fsp3) is 0.358. The van der Waals surface area contributed by atoms with Gasteiger partial charge in [0.15, 0.2) is 0 Å². The molecule has 10 rings (SSSR count). The number of carbonyl (C=O) groups is 4. The number of nitrogens with zero attached hydrogens (tertiary/aromatic N) is 13. The number of methoxy groups -OCH3 is 1. The first-order chi connectivity index (χ1) is 53.4. The SMILES string of the molecule is COC(=O)c1ccc(OCc2c(C)noc2C)c(CCCN=[N+]=[N-])c1.Cc1cccc(NC(=O)c2ccc(OCc3c(C)noc3C)c(CCCN)c2)c1C.Cc1cccc(NC(=O)c2ccc(OCc3c(C)noc3C)c(CCCN=[N+]=[N-])c2)c1C.Cc1noc(C)c1COc1ccc(C(=O)O)cc1CCCN=[N+]=[N-]. The molecule has 2 amide bonds. The molecule has 0 aliphatic carbocycles. The number of hydrogen-bond acceptors (Lipinski definition) is 21. The molecule has 30 nitrogen and oxygen atoms in total. The number of aromatic nitrogens is 4. The molecule has 30 heteroatoms. The number of anilines is 2. The molecule has 4 heterocycles. The molecule has 0 aliphatic heterocycles. The number of carbonyl (C=O) groups excluding carboxylic acids is 3. The van der Waals surface area contributed by atoms with Gasteiger partial charge in [-0.2, -0.15) is 0 Å². The second kappa shape index (κ2) is 43.2. The number of aromatic carboxylic acids is 1. The zero-order chi connectivity index (χ0) is 80.5. The van der Waals surface area contributed by atoms with E-state index in [1.807, 2.05) is 138 Å². The lowest BCUT2D eigenvalue weighted by Gasteiger charge is -2.14. The van der Waals surface area contributed by atoms with Gasteiger partial charge in [0.2, 0.25) is 0 Å². The molecule has 0 saturated carbocycles. The van der Waals surface area contributed by atoms with E-state index in [4.69, 9.17) is 69.2 Å². The lowest BCUT2D eigenvalue weighted by molar-refractivity contribution is 0.0599. The van der Waals surface area contributed by atoms with Crippen LogP contribution in [0.5, 0.6) is 23.0 Å². The van der Waals surface area contributed by atoms with Crippen LogP contribution in [0.3, 0.4) is 0 Å². The van der Waals surface area contributed by atoms with Crippen LogP contribution in [-0.2, 0) is 56.8 Å². The van der Waals surface area contributed by atoms with Crippen LogP contribution < -0.4 is 35.3 Å². The van der Waals surface area contributed by atoms with E-state index >= 15 is 0 Å². The first-order valence-electron chi connectivity index (χ1n) is 35.9. The Morgan fingerprint density at radius 1 is 0.432 bits per heavy atom. The minimum Gasteiger partial charge on any atom is -0.488 e. The zero-order valence-electron chi connectivity index (χ0n) is 64.9. The van der Waals surface area contributed by atoms with Crippen molar-refractivity contribution in [3.05, 3.63) is 275 Å². The summed E-state index contributed by atoms with van der Waals surface area (Å²) in [6, 6.07) is 32.5. The summed E-state index contributed by atoms with van der Waals surface area (Å²) in [5.41, 5.74) is 48.9. The quantitative estimate of drug-likeness (QED) is 0.00975. The van der Waals surface area contributed by atoms with Gasteiger partial charge in [0.1, 0.15) is 72.5 Å². The predicted molar refractivity (Wildman–Crippen MR) is 417 cm³/mol. The van der Waals surface area contributed by atoms with E-state index < -0.39 is 11.9 Å². The highest BCUT2D eigenvalue weighted by atomic mass is 16.5. The average Bonchev–Trinajstić information content (AvgIpc) is 0.987. The lowest BCUT2D eigenvalue weighted by Crippen LogP contribution is -2.14. The Kier molecular flexibility index (Phi) is 33.2. The van der Waals surface area contributed by atoms with Gasteiger partial charge >= 0.3 is 11.9 Å². The molecular weight excluding hydrogens is 1420 g/mol. The lowest BCUT2D eigenvalue weighted by atomic mass is 10.0. The van der Waals surface area contributed by atoms with Gasteiger partial charge in [0.05, 0.1) is 63.3 Å². The number of hydrogen-bond donors (Lipinski definition) is 4. The fourth-order valence-corrected chi connectivity index (χ4v) is 11.4. The number of carboxylic acids is 1. The molecule has 0 saturated heterocycles. The van der Waals surface area contributed by atoms with Gasteiger partial charge in [0.25, 0.3) is 11.8 Å². The maximum atomic E-state index is 12.9. The third-order valence-electron chi connectivity index (χ3n) is 18.3. The van der Waals surface area contributed by atoms with Crippen LogP contribution in [-0.4, -0.2) is 82.8 Å². The van der Waals surface area contributed by atoms with Crippen LogP contribution in [0.2, 0.25) is 0 Å². The average molecular weight is 1520 g/mol. The smallest absolute Gasteiger partial charge is 0.337 e. The van der Waals surface area contributed by atoms with Gasteiger partial charge in [0, 0.05) is 56.9 Å². The predicted octanol–water partition coefficient (Wildman–Crippen LogP) is 18.3. The molecule has 111 heavy (non-hydrogen) atoms. The summed E-state index contributed by atoms with van der Waals surface area (Å²) >= 11 is 0. The second-order valence-electron chi connectivity index (χ2n) is 25.9. The third kappa shape index (κ3) is 25.1. The van der Waals surface area contributed by atoms with Crippen molar-refractivity contribution in [2.24, 2.45) is 21.1 Å². The number of esters is 1. The molecule has 582 valence electrons. The Bertz CT molecular complexity index is 4920. The van der Waals surface area contributed by atoms with E-state index in [1.54, 1.807) is 48.5 Å². The number of amides is 2. The minimum atomic E-state index is -0.997. The van der Waals surface area contributed by atoms with Gasteiger partial charge in [-0.15, -0.1) is 0 Å². The molecule has 0 aliphatic rings. The molecule has 0 unspecified atom stereocenters. The summed E-state index contributed by atoms with van der Waals surface area (Å²) in [6.07, 6.45) is 5.22. The summed E-state index contributed by atoms with van der Waals surface area (Å²) < 4.78 is 49.3. The molecule has 6 aromatic carbocycles. The summed E-state index contributed by atoms with van der Waals surface area (Å²) in [6.45, 7) is 25.8. The van der Waals surface area contributed by atoms with E-state index in [9.17, 15) is 19.2 Å². The van der Waals surface area contributed by atoms with Crippen molar-refractivity contribution in [3.8, 4) is 23.0 Å². The minimum absolute atomic E-state index is 0.144. The summed E-state index contributed by atoms with van der Waals surface area (Å²) in [5, 5.41) is 41.5. The molecule has 5 N–H and O–H groups in total. The molecule has 0 radical (unpaired) electrons. The fourth-order valence-electron chi connectivity index (χ4n) is 11.4. The van der Waals surface area contributed by atoms with E-state index in [0.717, 1.165) is 131 Å².